The molecule has 22 heteroatoms. The summed E-state index contributed by atoms with van der Waals surface area (Å²) >= 11 is 0. The van der Waals surface area contributed by atoms with E-state index in [-0.39, 0.29) is 0 Å². The van der Waals surface area contributed by atoms with Gasteiger partial charge in [0.25, 0.3) is 5.08 Å². The van der Waals surface area contributed by atoms with E-state index in [0.29, 0.717) is 12.5 Å². The molecule has 1 aromatic rings. The SMILES string of the molecule is CC(O)(P(=O)(O)O)P(=O)(O)O.O=C(O)C(O)c1ccccc1.O=C(O)CCC(CC(=O)O)(C(=O)O)P(=O)(O)O. The number of benzene rings is 1. The first-order chi connectivity index (χ1) is 17.2. The highest BCUT2D eigenvalue weighted by Crippen LogP contribution is 2.67. The van der Waals surface area contributed by atoms with Crippen molar-refractivity contribution in [2.75, 3.05) is 0 Å². The third kappa shape index (κ3) is 12.0. The smallest absolute Gasteiger partial charge is 0.369 e. The van der Waals surface area contributed by atoms with Crippen LogP contribution >= 0.6 is 22.8 Å². The molecule has 0 aliphatic carbocycles. The van der Waals surface area contributed by atoms with Gasteiger partial charge in [0.05, 0.1) is 6.42 Å². The highest BCUT2D eigenvalue weighted by molar-refractivity contribution is 7.71. The third-order valence-corrected chi connectivity index (χ3v) is 10.1. The fourth-order valence-electron chi connectivity index (χ4n) is 2.16. The average Bonchev–Trinajstić information content (AvgIpc) is 2.74. The first-order valence-corrected chi connectivity index (χ1v) is 14.6. The molecular formula is C17H27O19P3. The molecule has 1 rings (SSSR count). The van der Waals surface area contributed by atoms with E-state index in [1.54, 1.807) is 30.3 Å². The lowest BCUT2D eigenvalue weighted by atomic mass is 9.98. The monoisotopic (exact) mass is 628 g/mol. The van der Waals surface area contributed by atoms with E-state index in [1.165, 1.54) is 0 Å². The number of rotatable bonds is 11. The molecule has 2 unspecified atom stereocenters. The second-order valence-corrected chi connectivity index (χ2v) is 13.8. The highest BCUT2D eigenvalue weighted by atomic mass is 31.2. The van der Waals surface area contributed by atoms with Crippen LogP contribution in [-0.2, 0) is 32.9 Å². The van der Waals surface area contributed by atoms with Crippen LogP contribution in [0, 0.1) is 0 Å². The van der Waals surface area contributed by atoms with E-state index in [0.717, 1.165) is 0 Å². The van der Waals surface area contributed by atoms with E-state index in [2.05, 4.69) is 0 Å². The summed E-state index contributed by atoms with van der Waals surface area (Å²) in [7, 11) is -15.7. The molecule has 0 heterocycles. The molecule has 1 aromatic carbocycles. The van der Waals surface area contributed by atoms with Gasteiger partial charge in [-0.1, -0.05) is 30.3 Å². The zero-order valence-electron chi connectivity index (χ0n) is 19.7. The maximum atomic E-state index is 11.1. The van der Waals surface area contributed by atoms with Gasteiger partial charge >= 0.3 is 46.7 Å². The van der Waals surface area contributed by atoms with E-state index in [9.17, 15) is 32.9 Å². The van der Waals surface area contributed by atoms with Gasteiger partial charge in [-0.25, -0.2) is 4.79 Å². The first kappa shape index (κ1) is 38.6. The van der Waals surface area contributed by atoms with Crippen molar-refractivity contribution in [3.8, 4) is 0 Å². The Labute approximate surface area is 218 Å². The summed E-state index contributed by atoms with van der Waals surface area (Å²) in [6.07, 6.45) is -4.57. The average molecular weight is 628 g/mol. The van der Waals surface area contributed by atoms with Gasteiger partial charge in [-0.2, -0.15) is 0 Å². The minimum absolute atomic E-state index is 0.383. The predicted molar refractivity (Wildman–Crippen MR) is 125 cm³/mol. The number of aliphatic hydroxyl groups is 2. The largest absolute Gasteiger partial charge is 0.481 e. The van der Waals surface area contributed by atoms with Gasteiger partial charge in [-0.3, -0.25) is 28.1 Å². The van der Waals surface area contributed by atoms with Crippen molar-refractivity contribution in [1.29, 1.82) is 0 Å². The Kier molecular flexibility index (Phi) is 14.6. The summed E-state index contributed by atoms with van der Waals surface area (Å²) in [4.78, 5) is 92.7. The van der Waals surface area contributed by atoms with Crippen LogP contribution in [0.1, 0.15) is 37.9 Å². The minimum atomic E-state index is -5.32. The molecule has 0 fully saturated rings. The first-order valence-electron chi connectivity index (χ1n) is 9.76. The molecule has 0 aromatic heterocycles. The van der Waals surface area contributed by atoms with Crippen LogP contribution in [-0.4, -0.2) is 94.1 Å². The molecule has 0 radical (unpaired) electrons. The molecule has 39 heavy (non-hydrogen) atoms. The number of aliphatic carboxylic acids is 4. The number of carboxylic acids is 4. The lowest BCUT2D eigenvalue weighted by molar-refractivity contribution is -0.148. The number of carbonyl (C=O) groups is 4. The lowest BCUT2D eigenvalue weighted by Crippen LogP contribution is -2.41. The normalized spacial score (nSPS) is 14.3. The summed E-state index contributed by atoms with van der Waals surface area (Å²) in [5, 5.41) is 45.5. The molecule has 12 N–H and O–H groups in total. The van der Waals surface area contributed by atoms with Gasteiger partial charge in [-0.05, 0) is 18.9 Å². The van der Waals surface area contributed by atoms with Gasteiger partial charge in [0.2, 0.25) is 0 Å². The predicted octanol–water partition coefficient (Wildman–Crippen LogP) is -0.861. The zero-order valence-corrected chi connectivity index (χ0v) is 22.3. The minimum Gasteiger partial charge on any atom is -0.481 e. The van der Waals surface area contributed by atoms with Crippen molar-refractivity contribution < 1.29 is 92.9 Å². The van der Waals surface area contributed by atoms with Gasteiger partial charge in [0.15, 0.2) is 11.3 Å². The Balaban J connectivity index is 0. The number of hydrogen-bond donors (Lipinski definition) is 12. The molecule has 0 aliphatic heterocycles. The van der Waals surface area contributed by atoms with E-state index in [4.69, 9.17) is 60.0 Å². The zero-order chi connectivity index (χ0) is 31.6. The van der Waals surface area contributed by atoms with Crippen molar-refractivity contribution in [1.82, 2.24) is 0 Å². The van der Waals surface area contributed by atoms with E-state index >= 15 is 0 Å². The number of carboxylic acid groups (broad SMARTS) is 4. The van der Waals surface area contributed by atoms with Crippen molar-refractivity contribution in [2.45, 2.75) is 42.5 Å². The Morgan fingerprint density at radius 1 is 0.769 bits per heavy atom. The molecule has 0 aliphatic rings. The molecule has 19 nitrogen and oxygen atoms in total. The quantitative estimate of drug-likeness (QED) is 0.133. The second-order valence-electron chi connectivity index (χ2n) is 7.56. The van der Waals surface area contributed by atoms with Gasteiger partial charge < -0.3 is 60.0 Å². The van der Waals surface area contributed by atoms with E-state index in [1.807, 2.05) is 0 Å². The molecule has 0 amide bonds. The van der Waals surface area contributed by atoms with Gasteiger partial charge in [0, 0.05) is 6.42 Å². The molecule has 224 valence electrons. The van der Waals surface area contributed by atoms with Crippen LogP contribution in [0.5, 0.6) is 0 Å². The maximum absolute atomic E-state index is 11.1. The summed E-state index contributed by atoms with van der Waals surface area (Å²) in [5.74, 6) is -6.47. The molecule has 0 bridgehead atoms. The van der Waals surface area contributed by atoms with Crippen molar-refractivity contribution in [3.05, 3.63) is 35.9 Å². The van der Waals surface area contributed by atoms with Crippen LogP contribution in [0.15, 0.2) is 30.3 Å². The summed E-state index contributed by atoms with van der Waals surface area (Å²) in [6.45, 7) is 0.383. The topological polar surface area (TPSA) is 362 Å². The fourth-order valence-corrected chi connectivity index (χ4v) is 4.51. The Hall–Kier alpha value is -2.53. The molecule has 0 saturated heterocycles. The van der Waals surface area contributed by atoms with Crippen LogP contribution in [0.3, 0.4) is 0 Å². The summed E-state index contributed by atoms with van der Waals surface area (Å²) < 4.78 is 31.6. The van der Waals surface area contributed by atoms with E-state index < -0.39 is 82.3 Å². The Bertz CT molecular complexity index is 1120. The van der Waals surface area contributed by atoms with Gasteiger partial charge in [0.1, 0.15) is 0 Å². The molecule has 0 spiro atoms. The van der Waals surface area contributed by atoms with Crippen LogP contribution in [0.4, 0.5) is 0 Å². The standard InChI is InChI=1S/C8H8O3.C7H11O9P.C2H8O7P2/c9-7(8(10)11)6-4-2-1-3-5-6;8-4(9)1-2-7(6(12)13,3-5(10)11)17(14,15)16;1-2(3,10(4,5)6)11(7,8)9/h1-5,7,9H,(H,10,11);1-3H2,(H,8,9)(H,10,11)(H,12,13)(H2,14,15,16);3H,1H3,(H2,4,5,6)(H2,7,8,9). The number of hydrogen-bond acceptors (Lipinski definition) is 9. The summed E-state index contributed by atoms with van der Waals surface area (Å²) in [6, 6.07) is 8.26. The third-order valence-electron chi connectivity index (χ3n) is 4.60. The lowest BCUT2D eigenvalue weighted by Gasteiger charge is -2.27. The van der Waals surface area contributed by atoms with Crippen molar-refractivity contribution in [3.63, 3.8) is 0 Å². The van der Waals surface area contributed by atoms with Crippen molar-refractivity contribution >= 4 is 46.7 Å². The Morgan fingerprint density at radius 3 is 1.41 bits per heavy atom. The second kappa shape index (κ2) is 14.7. The molecule has 0 saturated carbocycles. The number of aliphatic hydroxyl groups excluding tert-OH is 1. The highest BCUT2D eigenvalue weighted by Gasteiger charge is 2.56. The Morgan fingerprint density at radius 2 is 1.18 bits per heavy atom. The van der Waals surface area contributed by atoms with Crippen LogP contribution in [0.2, 0.25) is 0 Å². The molecular weight excluding hydrogens is 601 g/mol. The summed E-state index contributed by atoms with van der Waals surface area (Å²) in [5.41, 5.74) is 0.403. The van der Waals surface area contributed by atoms with Crippen LogP contribution < -0.4 is 0 Å². The maximum Gasteiger partial charge on any atom is 0.369 e. The fraction of sp³-hybridized carbons (Fsp3) is 0.412. The van der Waals surface area contributed by atoms with Crippen LogP contribution in [0.25, 0.3) is 0 Å². The molecule has 2 atom stereocenters. The van der Waals surface area contributed by atoms with Gasteiger partial charge in [-0.15, -0.1) is 0 Å². The van der Waals surface area contributed by atoms with Crippen molar-refractivity contribution in [2.24, 2.45) is 0 Å².